The Kier molecular flexibility index (Phi) is 4.70. The van der Waals surface area contributed by atoms with Gasteiger partial charge in [0.1, 0.15) is 11.4 Å². The van der Waals surface area contributed by atoms with Crippen LogP contribution in [0.1, 0.15) is 17.9 Å². The highest BCUT2D eigenvalue weighted by Gasteiger charge is 2.41. The van der Waals surface area contributed by atoms with Gasteiger partial charge < -0.3 is 24.6 Å². The van der Waals surface area contributed by atoms with E-state index >= 15 is 0 Å². The Hall–Kier alpha value is -2.09. The second-order valence-electron chi connectivity index (χ2n) is 4.74. The number of hydrogen-bond acceptors (Lipinski definition) is 6. The molecule has 7 nitrogen and oxygen atoms in total. The summed E-state index contributed by atoms with van der Waals surface area (Å²) in [6, 6.07) is 2.28. The highest BCUT2D eigenvalue weighted by atomic mass is 32.2. The standard InChI is InChI=1S/C14H17NO6S/c1-7(16)15-9(14(18)19)6-22-13(15)8-4-10(20-2)12(17)11(5-8)21-3/h4-5,9,13,17H,6H2,1-3H3,(H,18,19)/t9-,13-/m1/s1. The monoisotopic (exact) mass is 327 g/mol. The number of carboxylic acid groups (broad SMARTS) is 1. The van der Waals surface area contributed by atoms with Crippen molar-refractivity contribution in [2.24, 2.45) is 0 Å². The number of rotatable bonds is 4. The van der Waals surface area contributed by atoms with Crippen LogP contribution >= 0.6 is 11.8 Å². The van der Waals surface area contributed by atoms with Gasteiger partial charge in [-0.2, -0.15) is 0 Å². The largest absolute Gasteiger partial charge is 0.502 e. The number of aromatic hydroxyl groups is 1. The van der Waals surface area contributed by atoms with E-state index in [9.17, 15) is 19.8 Å². The number of carbonyl (C=O) groups is 2. The second-order valence-corrected chi connectivity index (χ2v) is 5.85. The number of phenolic OH excluding ortho intramolecular Hbond substituents is 1. The Balaban J connectivity index is 2.46. The quantitative estimate of drug-likeness (QED) is 0.864. The molecule has 1 amide bonds. The van der Waals surface area contributed by atoms with E-state index < -0.39 is 17.4 Å². The first kappa shape index (κ1) is 16.3. The molecule has 1 aromatic rings. The van der Waals surface area contributed by atoms with Crippen molar-refractivity contribution in [1.29, 1.82) is 0 Å². The Morgan fingerprint density at radius 2 is 1.82 bits per heavy atom. The summed E-state index contributed by atoms with van der Waals surface area (Å²) in [7, 11) is 2.81. The predicted molar refractivity (Wildman–Crippen MR) is 80.4 cm³/mol. The van der Waals surface area contributed by atoms with Crippen LogP contribution in [0.2, 0.25) is 0 Å². The fourth-order valence-corrected chi connectivity index (χ4v) is 3.85. The first-order valence-electron chi connectivity index (χ1n) is 6.48. The van der Waals surface area contributed by atoms with E-state index in [4.69, 9.17) is 9.47 Å². The number of thioether (sulfide) groups is 1. The molecule has 0 aliphatic carbocycles. The van der Waals surface area contributed by atoms with E-state index in [-0.39, 0.29) is 23.2 Å². The minimum Gasteiger partial charge on any atom is -0.502 e. The number of carboxylic acids is 1. The van der Waals surface area contributed by atoms with Crippen LogP contribution in [0.15, 0.2) is 12.1 Å². The van der Waals surface area contributed by atoms with Crippen LogP contribution < -0.4 is 9.47 Å². The molecule has 1 fully saturated rings. The maximum atomic E-state index is 11.9. The molecule has 1 aliphatic heterocycles. The Labute approximate surface area is 131 Å². The van der Waals surface area contributed by atoms with Crippen LogP contribution in [-0.2, 0) is 9.59 Å². The molecule has 22 heavy (non-hydrogen) atoms. The topological polar surface area (TPSA) is 96.3 Å². The van der Waals surface area contributed by atoms with Gasteiger partial charge in [-0.05, 0) is 17.7 Å². The van der Waals surface area contributed by atoms with Gasteiger partial charge in [-0.3, -0.25) is 4.79 Å². The Morgan fingerprint density at radius 1 is 1.27 bits per heavy atom. The summed E-state index contributed by atoms with van der Waals surface area (Å²) in [5, 5.41) is 18.7. The van der Waals surface area contributed by atoms with Crippen LogP contribution in [-0.4, -0.2) is 53.0 Å². The molecule has 1 aromatic carbocycles. The van der Waals surface area contributed by atoms with Gasteiger partial charge in [0.15, 0.2) is 11.5 Å². The number of methoxy groups -OCH3 is 2. The van der Waals surface area contributed by atoms with Crippen LogP contribution in [0, 0.1) is 0 Å². The van der Waals surface area contributed by atoms with Crippen LogP contribution in [0.4, 0.5) is 0 Å². The van der Waals surface area contributed by atoms with Crippen LogP contribution in [0.25, 0.3) is 0 Å². The molecule has 120 valence electrons. The third-order valence-corrected chi connectivity index (χ3v) is 4.76. The zero-order valence-electron chi connectivity index (χ0n) is 12.4. The number of ether oxygens (including phenoxy) is 2. The van der Waals surface area contributed by atoms with Crippen molar-refractivity contribution >= 4 is 23.6 Å². The number of phenols is 1. The van der Waals surface area contributed by atoms with Gasteiger partial charge in [-0.15, -0.1) is 11.8 Å². The lowest BCUT2D eigenvalue weighted by atomic mass is 10.1. The normalized spacial score (nSPS) is 20.8. The van der Waals surface area contributed by atoms with Gasteiger partial charge in [0.25, 0.3) is 0 Å². The molecule has 2 rings (SSSR count). The molecule has 1 heterocycles. The number of benzene rings is 1. The van der Waals surface area contributed by atoms with Gasteiger partial charge in [0, 0.05) is 12.7 Å². The minimum atomic E-state index is -1.04. The smallest absolute Gasteiger partial charge is 0.327 e. The highest BCUT2D eigenvalue weighted by Crippen LogP contribution is 2.46. The summed E-state index contributed by atoms with van der Waals surface area (Å²) in [5.41, 5.74) is 0.635. The first-order valence-corrected chi connectivity index (χ1v) is 7.53. The molecule has 2 N–H and O–H groups in total. The number of amides is 1. The van der Waals surface area contributed by atoms with E-state index in [2.05, 4.69) is 0 Å². The minimum absolute atomic E-state index is 0.138. The maximum absolute atomic E-state index is 11.9. The number of carbonyl (C=O) groups excluding carboxylic acids is 1. The zero-order chi connectivity index (χ0) is 16.4. The molecule has 0 bridgehead atoms. The predicted octanol–water partition coefficient (Wildman–Crippen LogP) is 1.46. The molecule has 2 atom stereocenters. The van der Waals surface area contributed by atoms with E-state index in [0.717, 1.165) is 0 Å². The van der Waals surface area contributed by atoms with E-state index in [1.54, 1.807) is 12.1 Å². The van der Waals surface area contributed by atoms with Crippen LogP contribution in [0.5, 0.6) is 17.2 Å². The van der Waals surface area contributed by atoms with Crippen molar-refractivity contribution < 1.29 is 29.3 Å². The lowest BCUT2D eigenvalue weighted by Crippen LogP contribution is -2.41. The van der Waals surface area contributed by atoms with Gasteiger partial charge in [0.2, 0.25) is 11.7 Å². The number of hydrogen-bond donors (Lipinski definition) is 2. The van der Waals surface area contributed by atoms with Gasteiger partial charge in [-0.1, -0.05) is 0 Å². The maximum Gasteiger partial charge on any atom is 0.327 e. The molecular formula is C14H17NO6S. The number of nitrogens with zero attached hydrogens (tertiary/aromatic N) is 1. The average Bonchev–Trinajstić information content (AvgIpc) is 2.92. The van der Waals surface area contributed by atoms with E-state index in [1.807, 2.05) is 0 Å². The summed E-state index contributed by atoms with van der Waals surface area (Å²) >= 11 is 1.34. The second kappa shape index (κ2) is 6.35. The fourth-order valence-electron chi connectivity index (χ4n) is 2.39. The van der Waals surface area contributed by atoms with Crippen LogP contribution in [0.3, 0.4) is 0 Å². The fraction of sp³-hybridized carbons (Fsp3) is 0.429. The summed E-state index contributed by atoms with van der Waals surface area (Å²) in [5.74, 6) is -0.794. The highest BCUT2D eigenvalue weighted by molar-refractivity contribution is 7.99. The van der Waals surface area contributed by atoms with Gasteiger partial charge in [0.05, 0.1) is 14.2 Å². The molecule has 0 aromatic heterocycles. The summed E-state index contributed by atoms with van der Waals surface area (Å²) in [4.78, 5) is 24.5. The molecule has 0 unspecified atom stereocenters. The van der Waals surface area contributed by atoms with E-state index in [1.165, 1.54) is 37.8 Å². The lowest BCUT2D eigenvalue weighted by Gasteiger charge is -2.27. The van der Waals surface area contributed by atoms with E-state index in [0.29, 0.717) is 11.3 Å². The molecule has 1 aliphatic rings. The third-order valence-electron chi connectivity index (χ3n) is 3.44. The third kappa shape index (κ3) is 2.78. The number of aliphatic carboxylic acids is 1. The molecule has 1 saturated heterocycles. The van der Waals surface area contributed by atoms with Crippen molar-refractivity contribution in [3.63, 3.8) is 0 Å². The summed E-state index contributed by atoms with van der Waals surface area (Å²) < 4.78 is 10.2. The zero-order valence-corrected chi connectivity index (χ0v) is 13.2. The van der Waals surface area contributed by atoms with Crippen molar-refractivity contribution in [3.8, 4) is 17.2 Å². The van der Waals surface area contributed by atoms with Gasteiger partial charge in [-0.25, -0.2) is 4.79 Å². The summed E-state index contributed by atoms with van der Waals surface area (Å²) in [6.07, 6.45) is 0. The molecule has 0 radical (unpaired) electrons. The van der Waals surface area contributed by atoms with Crippen molar-refractivity contribution in [3.05, 3.63) is 17.7 Å². The van der Waals surface area contributed by atoms with Crippen molar-refractivity contribution in [1.82, 2.24) is 4.90 Å². The SMILES string of the molecule is COc1cc([C@H]2SC[C@H](C(=O)O)N2C(C)=O)cc(OC)c1O. The van der Waals surface area contributed by atoms with Gasteiger partial charge >= 0.3 is 5.97 Å². The Morgan fingerprint density at radius 3 is 2.23 bits per heavy atom. The molecule has 8 heteroatoms. The van der Waals surface area contributed by atoms with Crippen molar-refractivity contribution in [2.75, 3.05) is 20.0 Å². The molecular weight excluding hydrogens is 310 g/mol. The van der Waals surface area contributed by atoms with Crippen molar-refractivity contribution in [2.45, 2.75) is 18.3 Å². The average molecular weight is 327 g/mol. The lowest BCUT2D eigenvalue weighted by molar-refractivity contribution is -0.148. The first-order chi connectivity index (χ1) is 10.4. The molecule has 0 saturated carbocycles. The summed E-state index contributed by atoms with van der Waals surface area (Å²) in [6.45, 7) is 1.34. The Bertz CT molecular complexity index is 580. The molecule has 0 spiro atoms.